The Morgan fingerprint density at radius 1 is 1.17 bits per heavy atom. The van der Waals surface area contributed by atoms with Crippen molar-refractivity contribution in [2.75, 3.05) is 13.7 Å². The first-order valence-electron chi connectivity index (χ1n) is 7.37. The summed E-state index contributed by atoms with van der Waals surface area (Å²) in [5.41, 5.74) is 8.11. The van der Waals surface area contributed by atoms with Gasteiger partial charge in [0.15, 0.2) is 0 Å². The van der Waals surface area contributed by atoms with Gasteiger partial charge >= 0.3 is 0 Å². The third-order valence-corrected chi connectivity index (χ3v) is 3.84. The Labute approximate surface area is 134 Å². The molecule has 1 unspecified atom stereocenters. The van der Waals surface area contributed by atoms with E-state index in [2.05, 4.69) is 9.97 Å². The second-order valence-corrected chi connectivity index (χ2v) is 5.19. The number of ether oxygens (including phenoxy) is 1. The van der Waals surface area contributed by atoms with Crippen molar-refractivity contribution in [2.45, 2.75) is 5.92 Å². The first-order valence-corrected chi connectivity index (χ1v) is 7.37. The van der Waals surface area contributed by atoms with Crippen molar-refractivity contribution < 1.29 is 9.13 Å². The van der Waals surface area contributed by atoms with Gasteiger partial charge in [-0.1, -0.05) is 30.3 Å². The minimum Gasteiger partial charge on any atom is -0.496 e. The molecule has 23 heavy (non-hydrogen) atoms. The van der Waals surface area contributed by atoms with Gasteiger partial charge in [-0.15, -0.1) is 0 Å². The Morgan fingerprint density at radius 3 is 2.65 bits per heavy atom. The molecule has 0 aliphatic heterocycles. The molecule has 5 heteroatoms. The van der Waals surface area contributed by atoms with E-state index in [0.717, 1.165) is 17.0 Å². The molecule has 1 heterocycles. The van der Waals surface area contributed by atoms with Crippen LogP contribution in [-0.2, 0) is 0 Å². The van der Waals surface area contributed by atoms with Gasteiger partial charge in [-0.2, -0.15) is 0 Å². The predicted molar refractivity (Wildman–Crippen MR) is 87.9 cm³/mol. The lowest BCUT2D eigenvalue weighted by atomic mass is 9.98. The van der Waals surface area contributed by atoms with Gasteiger partial charge in [-0.05, 0) is 23.8 Å². The van der Waals surface area contributed by atoms with Gasteiger partial charge in [0.1, 0.15) is 17.4 Å². The van der Waals surface area contributed by atoms with E-state index in [1.165, 1.54) is 6.07 Å². The SMILES string of the molecule is COc1ccccc1-c1cnc(C(CN)c2ccccc2F)[nH]1. The fourth-order valence-electron chi connectivity index (χ4n) is 2.66. The number of nitrogens with one attached hydrogen (secondary N) is 1. The highest BCUT2D eigenvalue weighted by Crippen LogP contribution is 2.30. The molecule has 0 amide bonds. The summed E-state index contributed by atoms with van der Waals surface area (Å²) in [5.74, 6) is 0.786. The summed E-state index contributed by atoms with van der Waals surface area (Å²) in [5, 5.41) is 0. The highest BCUT2D eigenvalue weighted by Gasteiger charge is 2.20. The third kappa shape index (κ3) is 2.96. The third-order valence-electron chi connectivity index (χ3n) is 3.84. The second-order valence-electron chi connectivity index (χ2n) is 5.19. The maximum Gasteiger partial charge on any atom is 0.128 e. The topological polar surface area (TPSA) is 63.9 Å². The minimum atomic E-state index is -0.320. The van der Waals surface area contributed by atoms with Gasteiger partial charge in [0, 0.05) is 12.1 Å². The van der Waals surface area contributed by atoms with Gasteiger partial charge in [-0.3, -0.25) is 0 Å². The number of benzene rings is 2. The Balaban J connectivity index is 1.99. The molecule has 0 bridgehead atoms. The van der Waals surface area contributed by atoms with Crippen LogP contribution >= 0.6 is 0 Å². The standard InChI is InChI=1S/C18H18FN3O/c1-23-17-9-5-3-7-13(17)16-11-21-18(22-16)14(10-20)12-6-2-4-8-15(12)19/h2-9,11,14H,10,20H2,1H3,(H,21,22). The molecule has 1 aromatic heterocycles. The van der Waals surface area contributed by atoms with Gasteiger partial charge in [0.2, 0.25) is 0 Å². The number of H-pyrrole nitrogens is 1. The lowest BCUT2D eigenvalue weighted by Crippen LogP contribution is -2.16. The summed E-state index contributed by atoms with van der Waals surface area (Å²) < 4.78 is 19.4. The average Bonchev–Trinajstić information content (AvgIpc) is 3.07. The van der Waals surface area contributed by atoms with E-state index < -0.39 is 0 Å². The second kappa shape index (κ2) is 6.62. The van der Waals surface area contributed by atoms with E-state index in [4.69, 9.17) is 10.5 Å². The van der Waals surface area contributed by atoms with Crippen LogP contribution in [0.2, 0.25) is 0 Å². The molecular weight excluding hydrogens is 293 g/mol. The monoisotopic (exact) mass is 311 g/mol. The first-order chi connectivity index (χ1) is 11.2. The maximum absolute atomic E-state index is 14.0. The number of para-hydroxylation sites is 1. The van der Waals surface area contributed by atoms with Gasteiger partial charge in [0.25, 0.3) is 0 Å². The van der Waals surface area contributed by atoms with E-state index in [1.807, 2.05) is 24.3 Å². The van der Waals surface area contributed by atoms with Crippen LogP contribution in [0, 0.1) is 5.82 Å². The first kappa shape index (κ1) is 15.2. The summed E-state index contributed by atoms with van der Waals surface area (Å²) in [6.45, 7) is 0.264. The molecule has 4 nitrogen and oxygen atoms in total. The molecule has 1 atom stereocenters. The van der Waals surface area contributed by atoms with E-state index in [1.54, 1.807) is 31.5 Å². The van der Waals surface area contributed by atoms with Crippen molar-refractivity contribution in [1.29, 1.82) is 0 Å². The van der Waals surface area contributed by atoms with E-state index in [9.17, 15) is 4.39 Å². The van der Waals surface area contributed by atoms with Crippen LogP contribution in [0.3, 0.4) is 0 Å². The Bertz CT molecular complexity index is 800. The number of hydrogen-bond acceptors (Lipinski definition) is 3. The Kier molecular flexibility index (Phi) is 4.39. The number of aromatic nitrogens is 2. The van der Waals surface area contributed by atoms with Gasteiger partial charge < -0.3 is 15.5 Å². The molecule has 118 valence electrons. The largest absolute Gasteiger partial charge is 0.496 e. The number of aromatic amines is 1. The zero-order valence-electron chi connectivity index (χ0n) is 12.8. The summed E-state index contributed by atoms with van der Waals surface area (Å²) >= 11 is 0. The van der Waals surface area contributed by atoms with Crippen LogP contribution in [0.1, 0.15) is 17.3 Å². The molecule has 0 saturated carbocycles. The average molecular weight is 311 g/mol. The number of hydrogen-bond donors (Lipinski definition) is 2. The van der Waals surface area contributed by atoms with Gasteiger partial charge in [0.05, 0.1) is 24.9 Å². The summed E-state index contributed by atoms with van der Waals surface area (Å²) in [6, 6.07) is 14.3. The number of nitrogens with two attached hydrogens (primary N) is 1. The zero-order chi connectivity index (χ0) is 16.2. The molecule has 3 rings (SSSR count). The summed E-state index contributed by atoms with van der Waals surface area (Å²) in [6.07, 6.45) is 1.72. The van der Waals surface area contributed by atoms with Crippen molar-refractivity contribution in [3.05, 3.63) is 71.9 Å². The number of halogens is 1. The number of rotatable bonds is 5. The molecule has 2 aromatic carbocycles. The molecule has 0 spiro atoms. The van der Waals surface area contributed by atoms with Crippen molar-refractivity contribution in [3.63, 3.8) is 0 Å². The van der Waals surface area contributed by atoms with Crippen LogP contribution in [0.25, 0.3) is 11.3 Å². The van der Waals surface area contributed by atoms with E-state index >= 15 is 0 Å². The fraction of sp³-hybridized carbons (Fsp3) is 0.167. The zero-order valence-corrected chi connectivity index (χ0v) is 12.8. The van der Waals surface area contributed by atoms with E-state index in [0.29, 0.717) is 11.4 Å². The summed E-state index contributed by atoms with van der Waals surface area (Å²) in [7, 11) is 1.62. The highest BCUT2D eigenvalue weighted by molar-refractivity contribution is 5.66. The molecule has 0 saturated heterocycles. The lowest BCUT2D eigenvalue weighted by Gasteiger charge is -2.13. The fourth-order valence-corrected chi connectivity index (χ4v) is 2.66. The molecule has 3 aromatic rings. The number of imidazole rings is 1. The van der Waals surface area contributed by atoms with E-state index in [-0.39, 0.29) is 18.3 Å². The quantitative estimate of drug-likeness (QED) is 0.760. The van der Waals surface area contributed by atoms with Crippen LogP contribution in [-0.4, -0.2) is 23.6 Å². The Morgan fingerprint density at radius 2 is 1.91 bits per heavy atom. The van der Waals surface area contributed by atoms with Crippen LogP contribution in [0.15, 0.2) is 54.7 Å². The normalized spacial score (nSPS) is 12.1. The molecule has 3 N–H and O–H groups in total. The number of nitrogens with zero attached hydrogens (tertiary/aromatic N) is 1. The maximum atomic E-state index is 14.0. The lowest BCUT2D eigenvalue weighted by molar-refractivity contribution is 0.416. The molecule has 0 fully saturated rings. The van der Waals surface area contributed by atoms with Crippen molar-refractivity contribution >= 4 is 0 Å². The molecule has 0 aliphatic rings. The summed E-state index contributed by atoms with van der Waals surface area (Å²) in [4.78, 5) is 7.64. The highest BCUT2D eigenvalue weighted by atomic mass is 19.1. The van der Waals surface area contributed by atoms with Crippen molar-refractivity contribution in [1.82, 2.24) is 9.97 Å². The predicted octanol–water partition coefficient (Wildman–Crippen LogP) is 3.32. The van der Waals surface area contributed by atoms with Crippen LogP contribution in [0.5, 0.6) is 5.75 Å². The van der Waals surface area contributed by atoms with Crippen molar-refractivity contribution in [3.8, 4) is 17.0 Å². The van der Waals surface area contributed by atoms with Crippen LogP contribution < -0.4 is 10.5 Å². The molecular formula is C18H18FN3O. The number of methoxy groups -OCH3 is 1. The van der Waals surface area contributed by atoms with Gasteiger partial charge in [-0.25, -0.2) is 9.37 Å². The molecule has 0 aliphatic carbocycles. The smallest absolute Gasteiger partial charge is 0.128 e. The Hall–Kier alpha value is -2.66. The molecule has 0 radical (unpaired) electrons. The minimum absolute atomic E-state index is 0.264. The van der Waals surface area contributed by atoms with Crippen molar-refractivity contribution in [2.24, 2.45) is 5.73 Å². The van der Waals surface area contributed by atoms with Crippen LogP contribution in [0.4, 0.5) is 4.39 Å².